The standard InChI is InChI=1S/C22H27NO4/c1-4-16-6-9-18(10-7-16)27-19(5-2)22(24)23-15(3)17-8-11-20-21(14-17)26-13-12-25-20/h6-11,14-15,19H,4-5,12-13H2,1-3H3,(H,23,24). The van der Waals surface area contributed by atoms with Crippen LogP contribution in [0.25, 0.3) is 0 Å². The highest BCUT2D eigenvalue weighted by atomic mass is 16.6. The maximum Gasteiger partial charge on any atom is 0.261 e. The van der Waals surface area contributed by atoms with Crippen molar-refractivity contribution in [2.24, 2.45) is 0 Å². The molecule has 0 fully saturated rings. The highest BCUT2D eigenvalue weighted by Crippen LogP contribution is 2.32. The largest absolute Gasteiger partial charge is 0.486 e. The Bertz CT molecular complexity index is 772. The van der Waals surface area contributed by atoms with Gasteiger partial charge in [0.15, 0.2) is 17.6 Å². The van der Waals surface area contributed by atoms with Gasteiger partial charge in [0.25, 0.3) is 5.91 Å². The Hall–Kier alpha value is -2.69. The lowest BCUT2D eigenvalue weighted by molar-refractivity contribution is -0.128. The first-order valence-corrected chi connectivity index (χ1v) is 9.56. The van der Waals surface area contributed by atoms with Crippen LogP contribution in [0.15, 0.2) is 42.5 Å². The first kappa shape index (κ1) is 19.1. The molecule has 144 valence electrons. The van der Waals surface area contributed by atoms with Crippen LogP contribution in [0.2, 0.25) is 0 Å². The summed E-state index contributed by atoms with van der Waals surface area (Å²) in [5, 5.41) is 3.04. The van der Waals surface area contributed by atoms with Gasteiger partial charge in [0.05, 0.1) is 6.04 Å². The van der Waals surface area contributed by atoms with Crippen molar-refractivity contribution in [1.29, 1.82) is 0 Å². The van der Waals surface area contributed by atoms with Gasteiger partial charge in [0.2, 0.25) is 0 Å². The fourth-order valence-corrected chi connectivity index (χ4v) is 3.01. The first-order chi connectivity index (χ1) is 13.1. The molecule has 0 aliphatic carbocycles. The molecule has 0 spiro atoms. The Balaban J connectivity index is 1.63. The van der Waals surface area contributed by atoms with Gasteiger partial charge in [-0.3, -0.25) is 4.79 Å². The van der Waals surface area contributed by atoms with Crippen LogP contribution in [-0.4, -0.2) is 25.2 Å². The Morgan fingerprint density at radius 3 is 2.44 bits per heavy atom. The Morgan fingerprint density at radius 2 is 1.78 bits per heavy atom. The molecule has 0 saturated carbocycles. The summed E-state index contributed by atoms with van der Waals surface area (Å²) in [5.74, 6) is 2.05. The summed E-state index contributed by atoms with van der Waals surface area (Å²) in [6, 6.07) is 13.5. The number of hydrogen-bond donors (Lipinski definition) is 1. The summed E-state index contributed by atoms with van der Waals surface area (Å²) in [4.78, 5) is 12.7. The van der Waals surface area contributed by atoms with Crippen LogP contribution in [0.5, 0.6) is 17.2 Å². The minimum absolute atomic E-state index is 0.126. The van der Waals surface area contributed by atoms with E-state index in [4.69, 9.17) is 14.2 Å². The maximum absolute atomic E-state index is 12.7. The molecule has 0 bridgehead atoms. The molecule has 3 rings (SSSR count). The lowest BCUT2D eigenvalue weighted by Gasteiger charge is -2.23. The molecule has 5 heteroatoms. The van der Waals surface area contributed by atoms with Crippen molar-refractivity contribution in [2.75, 3.05) is 13.2 Å². The predicted octanol–water partition coefficient (Wildman–Crippen LogP) is 4.06. The van der Waals surface area contributed by atoms with E-state index in [0.717, 1.165) is 23.5 Å². The zero-order chi connectivity index (χ0) is 19.2. The maximum atomic E-state index is 12.7. The minimum atomic E-state index is -0.530. The van der Waals surface area contributed by atoms with Crippen LogP contribution in [0.3, 0.4) is 0 Å². The molecule has 2 unspecified atom stereocenters. The summed E-state index contributed by atoms with van der Waals surface area (Å²) in [7, 11) is 0. The van der Waals surface area contributed by atoms with Gasteiger partial charge in [0, 0.05) is 0 Å². The molecule has 27 heavy (non-hydrogen) atoms. The number of aryl methyl sites for hydroxylation is 1. The van der Waals surface area contributed by atoms with Crippen LogP contribution in [0.4, 0.5) is 0 Å². The summed E-state index contributed by atoms with van der Waals surface area (Å²) in [5.41, 5.74) is 2.21. The number of benzene rings is 2. The third-order valence-electron chi connectivity index (χ3n) is 4.70. The zero-order valence-corrected chi connectivity index (χ0v) is 16.2. The molecule has 1 amide bonds. The number of hydrogen-bond acceptors (Lipinski definition) is 4. The molecule has 1 N–H and O–H groups in total. The van der Waals surface area contributed by atoms with E-state index >= 15 is 0 Å². The number of rotatable bonds is 7. The molecule has 0 saturated heterocycles. The Kier molecular flexibility index (Phi) is 6.22. The zero-order valence-electron chi connectivity index (χ0n) is 16.2. The van der Waals surface area contributed by atoms with E-state index in [-0.39, 0.29) is 11.9 Å². The van der Waals surface area contributed by atoms with E-state index in [2.05, 4.69) is 12.2 Å². The Labute approximate surface area is 160 Å². The quantitative estimate of drug-likeness (QED) is 0.800. The van der Waals surface area contributed by atoms with Crippen LogP contribution in [0.1, 0.15) is 44.4 Å². The van der Waals surface area contributed by atoms with Gasteiger partial charge >= 0.3 is 0 Å². The predicted molar refractivity (Wildman–Crippen MR) is 105 cm³/mol. The van der Waals surface area contributed by atoms with Gasteiger partial charge in [0.1, 0.15) is 19.0 Å². The second-order valence-electron chi connectivity index (χ2n) is 6.65. The van der Waals surface area contributed by atoms with E-state index in [0.29, 0.717) is 25.4 Å². The van der Waals surface area contributed by atoms with Gasteiger partial charge in [-0.15, -0.1) is 0 Å². The third-order valence-corrected chi connectivity index (χ3v) is 4.70. The average molecular weight is 369 g/mol. The molecule has 0 radical (unpaired) electrons. The fraction of sp³-hybridized carbons (Fsp3) is 0.409. The van der Waals surface area contributed by atoms with E-state index in [9.17, 15) is 4.79 Å². The van der Waals surface area contributed by atoms with Crippen molar-refractivity contribution < 1.29 is 19.0 Å². The number of carbonyl (C=O) groups is 1. The third kappa shape index (κ3) is 4.73. The minimum Gasteiger partial charge on any atom is -0.486 e. The molecular formula is C22H27NO4. The normalized spacial score (nSPS) is 14.9. The van der Waals surface area contributed by atoms with Crippen molar-refractivity contribution in [3.63, 3.8) is 0 Å². The number of carbonyl (C=O) groups excluding carboxylic acids is 1. The van der Waals surface area contributed by atoms with Crippen LogP contribution >= 0.6 is 0 Å². The molecule has 1 heterocycles. The molecule has 5 nitrogen and oxygen atoms in total. The summed E-state index contributed by atoms with van der Waals surface area (Å²) in [6.07, 6.45) is 1.04. The van der Waals surface area contributed by atoms with Gasteiger partial charge in [-0.2, -0.15) is 0 Å². The van der Waals surface area contributed by atoms with Crippen LogP contribution < -0.4 is 19.5 Å². The van der Waals surface area contributed by atoms with Crippen molar-refractivity contribution in [2.45, 2.75) is 45.8 Å². The highest BCUT2D eigenvalue weighted by molar-refractivity contribution is 5.81. The lowest BCUT2D eigenvalue weighted by atomic mass is 10.1. The van der Waals surface area contributed by atoms with Crippen LogP contribution in [-0.2, 0) is 11.2 Å². The van der Waals surface area contributed by atoms with Crippen molar-refractivity contribution in [1.82, 2.24) is 5.32 Å². The van der Waals surface area contributed by atoms with Crippen molar-refractivity contribution in [3.05, 3.63) is 53.6 Å². The van der Waals surface area contributed by atoms with Gasteiger partial charge in [-0.1, -0.05) is 32.0 Å². The average Bonchev–Trinajstić information content (AvgIpc) is 2.71. The second-order valence-corrected chi connectivity index (χ2v) is 6.65. The second kappa shape index (κ2) is 8.80. The Morgan fingerprint density at radius 1 is 1.07 bits per heavy atom. The number of ether oxygens (including phenoxy) is 3. The van der Waals surface area contributed by atoms with E-state index in [1.807, 2.05) is 56.3 Å². The fourth-order valence-electron chi connectivity index (χ4n) is 3.01. The lowest BCUT2D eigenvalue weighted by Crippen LogP contribution is -2.39. The van der Waals surface area contributed by atoms with Crippen LogP contribution in [0, 0.1) is 0 Å². The van der Waals surface area contributed by atoms with E-state index < -0.39 is 6.10 Å². The number of amides is 1. The topological polar surface area (TPSA) is 56.8 Å². The molecule has 1 aliphatic heterocycles. The van der Waals surface area contributed by atoms with E-state index in [1.54, 1.807) is 0 Å². The molecule has 2 atom stereocenters. The SMILES string of the molecule is CCc1ccc(OC(CC)C(=O)NC(C)c2ccc3c(c2)OCCO3)cc1. The van der Waals surface area contributed by atoms with Crippen molar-refractivity contribution in [3.8, 4) is 17.2 Å². The van der Waals surface area contributed by atoms with Gasteiger partial charge < -0.3 is 19.5 Å². The summed E-state index contributed by atoms with van der Waals surface area (Å²) >= 11 is 0. The monoisotopic (exact) mass is 369 g/mol. The van der Waals surface area contributed by atoms with Gasteiger partial charge in [-0.05, 0) is 55.2 Å². The number of nitrogens with one attached hydrogen (secondary N) is 1. The van der Waals surface area contributed by atoms with Crippen molar-refractivity contribution >= 4 is 5.91 Å². The first-order valence-electron chi connectivity index (χ1n) is 9.56. The van der Waals surface area contributed by atoms with E-state index in [1.165, 1.54) is 5.56 Å². The summed E-state index contributed by atoms with van der Waals surface area (Å²) < 4.78 is 17.1. The smallest absolute Gasteiger partial charge is 0.261 e. The molecule has 1 aliphatic rings. The summed E-state index contributed by atoms with van der Waals surface area (Å²) in [6.45, 7) is 7.11. The molecule has 2 aromatic rings. The van der Waals surface area contributed by atoms with Gasteiger partial charge in [-0.25, -0.2) is 0 Å². The molecule has 2 aromatic carbocycles. The highest BCUT2D eigenvalue weighted by Gasteiger charge is 2.22. The molecular weight excluding hydrogens is 342 g/mol. The number of fused-ring (bicyclic) bond motifs is 1. The molecule has 0 aromatic heterocycles.